The maximum atomic E-state index is 13.0. The van der Waals surface area contributed by atoms with E-state index in [-0.39, 0.29) is 11.8 Å². The van der Waals surface area contributed by atoms with Gasteiger partial charge in [0.1, 0.15) is 6.04 Å². The van der Waals surface area contributed by atoms with Gasteiger partial charge in [-0.3, -0.25) is 14.4 Å². The third kappa shape index (κ3) is 4.94. The van der Waals surface area contributed by atoms with Crippen LogP contribution in [0.5, 0.6) is 0 Å². The Morgan fingerprint density at radius 1 is 0.971 bits per heavy atom. The molecule has 3 N–H and O–H groups in total. The molecule has 35 heavy (non-hydrogen) atoms. The molecule has 176 valence electrons. The van der Waals surface area contributed by atoms with Gasteiger partial charge in [0.15, 0.2) is 0 Å². The maximum absolute atomic E-state index is 13.0. The Morgan fingerprint density at radius 3 is 2.51 bits per heavy atom. The van der Waals surface area contributed by atoms with Crippen molar-refractivity contribution >= 4 is 40.5 Å². The molecule has 1 aliphatic heterocycles. The van der Waals surface area contributed by atoms with E-state index in [9.17, 15) is 14.4 Å². The molecule has 0 radical (unpaired) electrons. The molecule has 0 bridgehead atoms. The highest BCUT2D eigenvalue weighted by atomic mass is 16.2. The summed E-state index contributed by atoms with van der Waals surface area (Å²) in [5.41, 5.74) is 5.26. The van der Waals surface area contributed by atoms with Crippen molar-refractivity contribution < 1.29 is 14.4 Å². The SMILES string of the molecule is O=CNc1ccc2[nH]c(-c3ccc(NC(=O)[C@@H]4CCCN4C(=O)Cc4ccccc4)cc3)cc2c1. The molecule has 1 fully saturated rings. The Balaban J connectivity index is 1.25. The number of anilines is 2. The molecule has 1 aromatic heterocycles. The number of fused-ring (bicyclic) bond motifs is 1. The summed E-state index contributed by atoms with van der Waals surface area (Å²) in [6.45, 7) is 0.604. The lowest BCUT2D eigenvalue weighted by molar-refractivity contribution is -0.136. The van der Waals surface area contributed by atoms with Crippen LogP contribution in [-0.4, -0.2) is 40.7 Å². The van der Waals surface area contributed by atoms with Crippen molar-refractivity contribution in [3.8, 4) is 11.3 Å². The number of nitrogens with zero attached hydrogens (tertiary/aromatic N) is 1. The quantitative estimate of drug-likeness (QED) is 0.348. The van der Waals surface area contributed by atoms with Gasteiger partial charge in [-0.05, 0) is 60.4 Å². The van der Waals surface area contributed by atoms with Crippen molar-refractivity contribution in [1.29, 1.82) is 0 Å². The van der Waals surface area contributed by atoms with Crippen molar-refractivity contribution in [3.05, 3.63) is 84.4 Å². The van der Waals surface area contributed by atoms with Crippen molar-refractivity contribution in [2.24, 2.45) is 0 Å². The zero-order valence-corrected chi connectivity index (χ0v) is 19.2. The number of carbonyl (C=O) groups excluding carboxylic acids is 3. The van der Waals surface area contributed by atoms with Crippen LogP contribution in [0.15, 0.2) is 78.9 Å². The first-order valence-corrected chi connectivity index (χ1v) is 11.7. The number of likely N-dealkylation sites (tertiary alicyclic amines) is 1. The van der Waals surface area contributed by atoms with Gasteiger partial charge < -0.3 is 20.5 Å². The van der Waals surface area contributed by atoms with E-state index in [1.165, 1.54) is 0 Å². The lowest BCUT2D eigenvalue weighted by Crippen LogP contribution is -2.43. The van der Waals surface area contributed by atoms with E-state index in [0.29, 0.717) is 31.5 Å². The molecule has 3 aromatic carbocycles. The van der Waals surface area contributed by atoms with Gasteiger partial charge in [-0.25, -0.2) is 0 Å². The van der Waals surface area contributed by atoms with Gasteiger partial charge >= 0.3 is 0 Å². The Bertz CT molecular complexity index is 1360. The number of hydrogen-bond donors (Lipinski definition) is 3. The van der Waals surface area contributed by atoms with Crippen LogP contribution >= 0.6 is 0 Å². The van der Waals surface area contributed by atoms with Gasteiger partial charge in [-0.15, -0.1) is 0 Å². The standard InChI is InChI=1S/C28H26N4O3/c33-18-29-23-12-13-24-21(16-23)17-25(31-24)20-8-10-22(11-9-20)30-28(35)26-7-4-14-32(26)27(34)15-19-5-2-1-3-6-19/h1-3,5-6,8-13,16-18,26,31H,4,7,14-15H2,(H,29,33)(H,30,35)/t26-/m0/s1. The number of benzene rings is 3. The lowest BCUT2D eigenvalue weighted by atomic mass is 10.1. The van der Waals surface area contributed by atoms with Gasteiger partial charge in [0, 0.05) is 34.5 Å². The zero-order chi connectivity index (χ0) is 24.2. The van der Waals surface area contributed by atoms with E-state index in [0.717, 1.165) is 39.8 Å². The highest BCUT2D eigenvalue weighted by Gasteiger charge is 2.33. The number of aromatic amines is 1. The average Bonchev–Trinajstić information content (AvgIpc) is 3.53. The van der Waals surface area contributed by atoms with E-state index in [1.54, 1.807) is 4.90 Å². The van der Waals surface area contributed by atoms with Crippen molar-refractivity contribution in [1.82, 2.24) is 9.88 Å². The highest BCUT2D eigenvalue weighted by Crippen LogP contribution is 2.27. The number of hydrogen-bond acceptors (Lipinski definition) is 3. The summed E-state index contributed by atoms with van der Waals surface area (Å²) >= 11 is 0. The highest BCUT2D eigenvalue weighted by molar-refractivity contribution is 5.98. The predicted octanol–water partition coefficient (Wildman–Crippen LogP) is 4.58. The minimum absolute atomic E-state index is 0.0190. The molecule has 2 heterocycles. The van der Waals surface area contributed by atoms with Crippen molar-refractivity contribution in [2.75, 3.05) is 17.2 Å². The van der Waals surface area contributed by atoms with Crippen LogP contribution < -0.4 is 10.6 Å². The maximum Gasteiger partial charge on any atom is 0.247 e. The van der Waals surface area contributed by atoms with Crippen LogP contribution in [0.2, 0.25) is 0 Å². The van der Waals surface area contributed by atoms with E-state index < -0.39 is 6.04 Å². The molecule has 1 aliphatic rings. The third-order valence-electron chi connectivity index (χ3n) is 6.38. The van der Waals surface area contributed by atoms with Crippen LogP contribution in [0.3, 0.4) is 0 Å². The van der Waals surface area contributed by atoms with Crippen LogP contribution in [0, 0.1) is 0 Å². The van der Waals surface area contributed by atoms with E-state index in [1.807, 2.05) is 78.9 Å². The number of amides is 3. The number of rotatable bonds is 7. The molecule has 0 aliphatic carbocycles. The summed E-state index contributed by atoms with van der Waals surface area (Å²) in [6.07, 6.45) is 2.45. The van der Waals surface area contributed by atoms with Gasteiger partial charge in [0.25, 0.3) is 0 Å². The first-order valence-electron chi connectivity index (χ1n) is 11.7. The largest absolute Gasteiger partial charge is 0.355 e. The minimum Gasteiger partial charge on any atom is -0.355 e. The molecular formula is C28H26N4O3. The monoisotopic (exact) mass is 466 g/mol. The van der Waals surface area contributed by atoms with Crippen molar-refractivity contribution in [2.45, 2.75) is 25.3 Å². The van der Waals surface area contributed by atoms with E-state index in [4.69, 9.17) is 0 Å². The molecular weight excluding hydrogens is 440 g/mol. The summed E-state index contributed by atoms with van der Waals surface area (Å²) in [4.78, 5) is 41.6. The van der Waals surface area contributed by atoms with E-state index >= 15 is 0 Å². The average molecular weight is 467 g/mol. The number of H-pyrrole nitrogens is 1. The minimum atomic E-state index is -0.450. The number of aromatic nitrogens is 1. The molecule has 0 spiro atoms. The molecule has 1 atom stereocenters. The summed E-state index contributed by atoms with van der Waals surface area (Å²) in [6, 6.07) is 24.5. The van der Waals surface area contributed by atoms with Crippen LogP contribution in [0.4, 0.5) is 11.4 Å². The number of carbonyl (C=O) groups is 3. The summed E-state index contributed by atoms with van der Waals surface area (Å²) in [5, 5.41) is 6.63. The van der Waals surface area contributed by atoms with Crippen LogP contribution in [0.25, 0.3) is 22.2 Å². The van der Waals surface area contributed by atoms with Crippen LogP contribution in [-0.2, 0) is 20.8 Å². The molecule has 1 saturated heterocycles. The Morgan fingerprint density at radius 2 is 1.74 bits per heavy atom. The first kappa shape index (κ1) is 22.4. The lowest BCUT2D eigenvalue weighted by Gasteiger charge is -2.24. The van der Waals surface area contributed by atoms with Gasteiger partial charge in [0.05, 0.1) is 6.42 Å². The Labute approximate surface area is 203 Å². The second-order valence-electron chi connectivity index (χ2n) is 8.72. The Kier molecular flexibility index (Phi) is 6.30. The van der Waals surface area contributed by atoms with Gasteiger partial charge in [0.2, 0.25) is 18.2 Å². The molecule has 0 unspecified atom stereocenters. The molecule has 0 saturated carbocycles. The van der Waals surface area contributed by atoms with E-state index in [2.05, 4.69) is 15.6 Å². The second kappa shape index (κ2) is 9.85. The summed E-state index contributed by atoms with van der Waals surface area (Å²) < 4.78 is 0. The number of nitrogens with one attached hydrogen (secondary N) is 3. The fourth-order valence-electron chi connectivity index (χ4n) is 4.61. The Hall–Kier alpha value is -4.39. The topological polar surface area (TPSA) is 94.3 Å². The molecule has 5 rings (SSSR count). The fourth-order valence-corrected chi connectivity index (χ4v) is 4.61. The molecule has 4 aromatic rings. The normalized spacial score (nSPS) is 15.2. The predicted molar refractivity (Wildman–Crippen MR) is 137 cm³/mol. The van der Waals surface area contributed by atoms with Crippen LogP contribution in [0.1, 0.15) is 18.4 Å². The zero-order valence-electron chi connectivity index (χ0n) is 19.2. The molecule has 7 heteroatoms. The van der Waals surface area contributed by atoms with Gasteiger partial charge in [-0.1, -0.05) is 42.5 Å². The molecule has 7 nitrogen and oxygen atoms in total. The third-order valence-corrected chi connectivity index (χ3v) is 6.38. The summed E-state index contributed by atoms with van der Waals surface area (Å²) in [7, 11) is 0. The summed E-state index contributed by atoms with van der Waals surface area (Å²) in [5.74, 6) is -0.174. The first-order chi connectivity index (χ1) is 17.1. The second-order valence-corrected chi connectivity index (χ2v) is 8.72. The van der Waals surface area contributed by atoms with Crippen molar-refractivity contribution in [3.63, 3.8) is 0 Å². The smallest absolute Gasteiger partial charge is 0.247 e. The van der Waals surface area contributed by atoms with Gasteiger partial charge in [-0.2, -0.15) is 0 Å². The fraction of sp³-hybridized carbons (Fsp3) is 0.179. The molecule has 3 amide bonds.